The number of carboxylic acids is 1. The van der Waals surface area contributed by atoms with Crippen LogP contribution in [0.1, 0.15) is 27.8 Å². The van der Waals surface area contributed by atoms with Gasteiger partial charge in [-0.1, -0.05) is 0 Å². The third-order valence-electron chi connectivity index (χ3n) is 4.03. The Hall–Kier alpha value is -3.72. The normalized spacial score (nSPS) is 11.5. The van der Waals surface area contributed by atoms with E-state index in [9.17, 15) is 19.5 Å². The van der Waals surface area contributed by atoms with Crippen molar-refractivity contribution in [3.63, 3.8) is 0 Å². The molecule has 0 bridgehead atoms. The Bertz CT molecular complexity index is 1060. The summed E-state index contributed by atoms with van der Waals surface area (Å²) in [7, 11) is 0. The Kier molecular flexibility index (Phi) is 6.43. The molecule has 2 amide bonds. The fourth-order valence-corrected chi connectivity index (χ4v) is 3.37. The predicted molar refractivity (Wildman–Crippen MR) is 112 cm³/mol. The zero-order valence-corrected chi connectivity index (χ0v) is 16.6. The van der Waals surface area contributed by atoms with E-state index in [1.165, 1.54) is 36.2 Å². The van der Waals surface area contributed by atoms with Crippen LogP contribution in [0.5, 0.6) is 5.75 Å². The number of phenols is 1. The summed E-state index contributed by atoms with van der Waals surface area (Å²) in [6, 6.07) is 14.0. The van der Waals surface area contributed by atoms with Crippen molar-refractivity contribution in [1.82, 2.24) is 0 Å². The number of thioether (sulfide) groups is 1. The van der Waals surface area contributed by atoms with Gasteiger partial charge in [-0.05, 0) is 61.5 Å². The van der Waals surface area contributed by atoms with Gasteiger partial charge in [0.15, 0.2) is 5.76 Å². The average molecular weight is 426 g/mol. The molecular weight excluding hydrogens is 408 g/mol. The number of anilines is 2. The van der Waals surface area contributed by atoms with Gasteiger partial charge in [-0.3, -0.25) is 9.59 Å². The van der Waals surface area contributed by atoms with Crippen molar-refractivity contribution in [3.8, 4) is 5.75 Å². The van der Waals surface area contributed by atoms with Gasteiger partial charge in [-0.15, -0.1) is 11.8 Å². The standard InChI is InChI=1S/C21H18N2O6S/c1-12(19(25)23-14-6-9-17(24)16(11-14)21(27)28)30-15-7-4-13(5-8-15)22-20(26)18-3-2-10-29-18/h2-12,24H,1H3,(H,22,26)(H,23,25)(H,27,28). The Morgan fingerprint density at radius 1 is 1.00 bits per heavy atom. The molecular formula is C21H18N2O6S. The van der Waals surface area contributed by atoms with Crippen LogP contribution < -0.4 is 10.6 Å². The molecule has 1 heterocycles. The first-order valence-corrected chi connectivity index (χ1v) is 9.70. The molecule has 154 valence electrons. The lowest BCUT2D eigenvalue weighted by Gasteiger charge is -2.13. The number of furan rings is 1. The van der Waals surface area contributed by atoms with E-state index in [1.54, 1.807) is 43.3 Å². The molecule has 30 heavy (non-hydrogen) atoms. The summed E-state index contributed by atoms with van der Waals surface area (Å²) < 4.78 is 5.04. The van der Waals surface area contributed by atoms with Crippen molar-refractivity contribution in [1.29, 1.82) is 0 Å². The summed E-state index contributed by atoms with van der Waals surface area (Å²) in [4.78, 5) is 36.3. The molecule has 0 aliphatic carbocycles. The van der Waals surface area contributed by atoms with Gasteiger partial charge >= 0.3 is 5.97 Å². The van der Waals surface area contributed by atoms with Crippen molar-refractivity contribution in [3.05, 3.63) is 72.2 Å². The summed E-state index contributed by atoms with van der Waals surface area (Å²) in [5, 5.41) is 23.5. The number of rotatable bonds is 7. The molecule has 3 aromatic rings. The molecule has 9 heteroatoms. The van der Waals surface area contributed by atoms with Gasteiger partial charge < -0.3 is 25.3 Å². The summed E-state index contributed by atoms with van der Waals surface area (Å²) in [6.45, 7) is 1.71. The second-order valence-electron chi connectivity index (χ2n) is 6.24. The van der Waals surface area contributed by atoms with Crippen LogP contribution in [0.25, 0.3) is 0 Å². The fraction of sp³-hybridized carbons (Fsp3) is 0.0952. The van der Waals surface area contributed by atoms with Crippen LogP contribution in [-0.2, 0) is 4.79 Å². The highest BCUT2D eigenvalue weighted by molar-refractivity contribution is 8.00. The van der Waals surface area contributed by atoms with Crippen LogP contribution in [0.3, 0.4) is 0 Å². The predicted octanol–water partition coefficient (Wildman–Crippen LogP) is 4.06. The number of aromatic hydroxyl groups is 1. The topological polar surface area (TPSA) is 129 Å². The minimum atomic E-state index is -1.29. The molecule has 0 saturated carbocycles. The van der Waals surface area contributed by atoms with Crippen molar-refractivity contribution in [2.24, 2.45) is 0 Å². The molecule has 1 atom stereocenters. The third kappa shape index (κ3) is 5.21. The van der Waals surface area contributed by atoms with Gasteiger partial charge in [0.1, 0.15) is 11.3 Å². The smallest absolute Gasteiger partial charge is 0.339 e. The molecule has 0 fully saturated rings. The molecule has 2 aromatic carbocycles. The summed E-state index contributed by atoms with van der Waals surface area (Å²) in [6.07, 6.45) is 1.42. The molecule has 4 N–H and O–H groups in total. The van der Waals surface area contributed by atoms with Gasteiger partial charge in [0.05, 0.1) is 11.5 Å². The fourth-order valence-electron chi connectivity index (χ4n) is 2.50. The van der Waals surface area contributed by atoms with E-state index in [0.29, 0.717) is 5.69 Å². The first-order chi connectivity index (χ1) is 14.3. The van der Waals surface area contributed by atoms with Crippen molar-refractivity contribution < 1.29 is 29.0 Å². The number of amides is 2. The van der Waals surface area contributed by atoms with E-state index in [-0.39, 0.29) is 34.6 Å². The van der Waals surface area contributed by atoms with Gasteiger partial charge in [-0.2, -0.15) is 0 Å². The monoisotopic (exact) mass is 426 g/mol. The zero-order valence-electron chi connectivity index (χ0n) is 15.8. The number of nitrogens with one attached hydrogen (secondary N) is 2. The van der Waals surface area contributed by atoms with Crippen LogP contribution in [0.4, 0.5) is 11.4 Å². The first kappa shape index (κ1) is 21.0. The maximum Gasteiger partial charge on any atom is 0.339 e. The largest absolute Gasteiger partial charge is 0.507 e. The van der Waals surface area contributed by atoms with Crippen LogP contribution >= 0.6 is 11.8 Å². The van der Waals surface area contributed by atoms with Gasteiger partial charge in [-0.25, -0.2) is 4.79 Å². The Morgan fingerprint density at radius 3 is 2.33 bits per heavy atom. The number of benzene rings is 2. The zero-order chi connectivity index (χ0) is 21.7. The van der Waals surface area contributed by atoms with Crippen molar-refractivity contribution in [2.45, 2.75) is 17.1 Å². The van der Waals surface area contributed by atoms with Crippen molar-refractivity contribution >= 4 is 40.9 Å². The molecule has 3 rings (SSSR count). The number of carbonyl (C=O) groups is 3. The van der Waals surface area contributed by atoms with E-state index in [1.807, 2.05) is 0 Å². The van der Waals surface area contributed by atoms with Crippen LogP contribution in [-0.4, -0.2) is 33.2 Å². The summed E-state index contributed by atoms with van der Waals surface area (Å²) in [5.41, 5.74) is 0.571. The Balaban J connectivity index is 1.58. The summed E-state index contributed by atoms with van der Waals surface area (Å²) in [5.74, 6) is -2.13. The number of hydrogen-bond donors (Lipinski definition) is 4. The van der Waals surface area contributed by atoms with Gasteiger partial charge in [0.2, 0.25) is 5.91 Å². The number of carboxylic acid groups (broad SMARTS) is 1. The van der Waals surface area contributed by atoms with Crippen LogP contribution in [0.15, 0.2) is 70.2 Å². The molecule has 0 saturated heterocycles. The van der Waals surface area contributed by atoms with Crippen molar-refractivity contribution in [2.75, 3.05) is 10.6 Å². The molecule has 8 nitrogen and oxygen atoms in total. The highest BCUT2D eigenvalue weighted by atomic mass is 32.2. The molecule has 1 unspecified atom stereocenters. The Morgan fingerprint density at radius 2 is 1.70 bits per heavy atom. The van der Waals surface area contributed by atoms with E-state index in [2.05, 4.69) is 10.6 Å². The highest BCUT2D eigenvalue weighted by Crippen LogP contribution is 2.27. The van der Waals surface area contributed by atoms with Gasteiger partial charge in [0, 0.05) is 16.3 Å². The third-order valence-corrected chi connectivity index (χ3v) is 5.15. The summed E-state index contributed by atoms with van der Waals surface area (Å²) >= 11 is 1.30. The maximum atomic E-state index is 12.4. The SMILES string of the molecule is CC(Sc1ccc(NC(=O)c2ccco2)cc1)C(=O)Nc1ccc(O)c(C(=O)O)c1. The number of aromatic carboxylic acids is 1. The molecule has 0 radical (unpaired) electrons. The second kappa shape index (κ2) is 9.19. The quantitative estimate of drug-likeness (QED) is 0.331. The van der Waals surface area contributed by atoms with Gasteiger partial charge in [0.25, 0.3) is 5.91 Å². The second-order valence-corrected chi connectivity index (χ2v) is 7.66. The van der Waals surface area contributed by atoms with E-state index >= 15 is 0 Å². The average Bonchev–Trinajstić information content (AvgIpc) is 3.25. The number of hydrogen-bond acceptors (Lipinski definition) is 6. The molecule has 0 aliphatic heterocycles. The minimum absolute atomic E-state index is 0.207. The van der Waals surface area contributed by atoms with Crippen LogP contribution in [0, 0.1) is 0 Å². The lowest BCUT2D eigenvalue weighted by atomic mass is 10.2. The Labute approximate surface area is 175 Å². The van der Waals surface area contributed by atoms with E-state index in [0.717, 1.165) is 4.90 Å². The molecule has 0 spiro atoms. The first-order valence-electron chi connectivity index (χ1n) is 8.82. The van der Waals surface area contributed by atoms with E-state index in [4.69, 9.17) is 9.52 Å². The number of carbonyl (C=O) groups excluding carboxylic acids is 2. The lowest BCUT2D eigenvalue weighted by molar-refractivity contribution is -0.115. The van der Waals surface area contributed by atoms with E-state index < -0.39 is 11.2 Å². The lowest BCUT2D eigenvalue weighted by Crippen LogP contribution is -2.22. The highest BCUT2D eigenvalue weighted by Gasteiger charge is 2.17. The molecule has 1 aromatic heterocycles. The van der Waals surface area contributed by atoms with Crippen LogP contribution in [0.2, 0.25) is 0 Å². The minimum Gasteiger partial charge on any atom is -0.507 e. The maximum absolute atomic E-state index is 12.4. The molecule has 0 aliphatic rings.